The van der Waals surface area contributed by atoms with Crippen molar-refractivity contribution in [2.75, 3.05) is 6.61 Å². The molecule has 2 aliphatic rings. The van der Waals surface area contributed by atoms with Crippen LogP contribution in [0.2, 0.25) is 5.04 Å². The molecule has 0 saturated carbocycles. The Morgan fingerprint density at radius 3 is 2.07 bits per heavy atom. The molecule has 0 N–H and O–H groups in total. The van der Waals surface area contributed by atoms with Gasteiger partial charge in [-0.15, -0.1) is 6.58 Å². The van der Waals surface area contributed by atoms with Gasteiger partial charge < -0.3 is 18.1 Å². The van der Waals surface area contributed by atoms with E-state index in [-0.39, 0.29) is 31.1 Å². The molecule has 0 aliphatic carbocycles. The van der Waals surface area contributed by atoms with Crippen LogP contribution < -0.4 is 10.4 Å². The largest absolute Gasteiger partial charge is 0.534 e. The second-order valence-electron chi connectivity index (χ2n) is 13.5. The SMILES string of the molecule is C=CCC[C@@H]1C(OS(=O)(=O)C(F)(F)F)=C[C@]2(C(C)C)C[C@@H](OC(=O)CO[Si](c3ccccc3)(c3ccccc3)C(C)(C)C)[C@@]1(C)O2. The molecule has 1 saturated heterocycles. The van der Waals surface area contributed by atoms with Crippen molar-refractivity contribution in [2.45, 2.75) is 88.7 Å². The predicted molar refractivity (Wildman–Crippen MR) is 172 cm³/mol. The summed E-state index contributed by atoms with van der Waals surface area (Å²) in [6.45, 7) is 14.8. The molecule has 0 radical (unpaired) electrons. The lowest BCUT2D eigenvalue weighted by Crippen LogP contribution is -2.67. The average molecular weight is 681 g/mol. The lowest BCUT2D eigenvalue weighted by Gasteiger charge is -2.44. The molecule has 2 aromatic rings. The van der Waals surface area contributed by atoms with E-state index in [0.717, 1.165) is 10.4 Å². The molecule has 1 fully saturated rings. The van der Waals surface area contributed by atoms with Crippen molar-refractivity contribution in [2.24, 2.45) is 11.8 Å². The Morgan fingerprint density at radius 2 is 1.61 bits per heavy atom. The summed E-state index contributed by atoms with van der Waals surface area (Å²) in [7, 11) is -9.04. The van der Waals surface area contributed by atoms with Gasteiger partial charge in [0.05, 0.1) is 11.5 Å². The Labute approximate surface area is 271 Å². The second kappa shape index (κ2) is 12.9. The lowest BCUT2D eigenvalue weighted by atomic mass is 9.80. The van der Waals surface area contributed by atoms with Crippen molar-refractivity contribution in [1.29, 1.82) is 0 Å². The molecule has 12 heteroatoms. The third-order valence-corrected chi connectivity index (χ3v) is 15.2. The van der Waals surface area contributed by atoms with Gasteiger partial charge in [0.25, 0.3) is 8.32 Å². The van der Waals surface area contributed by atoms with Crippen molar-refractivity contribution in [3.63, 3.8) is 0 Å². The molecule has 2 bridgehead atoms. The average Bonchev–Trinajstić information content (AvgIpc) is 3.20. The Morgan fingerprint density at radius 1 is 1.07 bits per heavy atom. The van der Waals surface area contributed by atoms with Crippen molar-refractivity contribution in [3.05, 3.63) is 85.2 Å². The highest BCUT2D eigenvalue weighted by Gasteiger charge is 2.64. The van der Waals surface area contributed by atoms with Crippen LogP contribution in [0.5, 0.6) is 0 Å². The van der Waals surface area contributed by atoms with E-state index in [1.807, 2.05) is 60.7 Å². The molecule has 0 unspecified atom stereocenters. The van der Waals surface area contributed by atoms with Gasteiger partial charge in [0.1, 0.15) is 24.1 Å². The zero-order chi connectivity index (χ0) is 34.2. The van der Waals surface area contributed by atoms with E-state index in [4.69, 9.17) is 18.1 Å². The summed E-state index contributed by atoms with van der Waals surface area (Å²) >= 11 is 0. The first kappa shape index (κ1) is 35.9. The predicted octanol–water partition coefficient (Wildman–Crippen LogP) is 6.39. The number of benzene rings is 2. The van der Waals surface area contributed by atoms with Gasteiger partial charge in [0.15, 0.2) is 0 Å². The van der Waals surface area contributed by atoms with Gasteiger partial charge >= 0.3 is 21.6 Å². The van der Waals surface area contributed by atoms with Gasteiger partial charge in [-0.1, -0.05) is 101 Å². The minimum atomic E-state index is -5.96. The maximum atomic E-state index is 13.7. The van der Waals surface area contributed by atoms with E-state index in [9.17, 15) is 26.4 Å². The molecular formula is C34H43F3O7SSi. The van der Waals surface area contributed by atoms with Crippen LogP contribution in [0.3, 0.4) is 0 Å². The van der Waals surface area contributed by atoms with E-state index in [1.54, 1.807) is 26.8 Å². The van der Waals surface area contributed by atoms with Gasteiger partial charge in [-0.2, -0.15) is 21.6 Å². The van der Waals surface area contributed by atoms with Crippen LogP contribution >= 0.6 is 0 Å². The van der Waals surface area contributed by atoms with Gasteiger partial charge in [-0.25, -0.2) is 4.79 Å². The van der Waals surface area contributed by atoms with E-state index in [0.29, 0.717) is 6.42 Å². The van der Waals surface area contributed by atoms with Gasteiger partial charge in [-0.3, -0.25) is 0 Å². The maximum Gasteiger partial charge on any atom is 0.534 e. The highest BCUT2D eigenvalue weighted by Crippen LogP contribution is 2.56. The topological polar surface area (TPSA) is 88.1 Å². The fraction of sp³-hybridized carbons (Fsp3) is 0.500. The van der Waals surface area contributed by atoms with Crippen LogP contribution in [-0.4, -0.2) is 52.1 Å². The number of halogens is 3. The van der Waals surface area contributed by atoms with Gasteiger partial charge in [0, 0.05) is 6.42 Å². The fourth-order valence-corrected chi connectivity index (χ4v) is 11.8. The minimum Gasteiger partial charge on any atom is -0.457 e. The first-order valence-corrected chi connectivity index (χ1v) is 18.6. The molecule has 2 aromatic carbocycles. The smallest absolute Gasteiger partial charge is 0.457 e. The fourth-order valence-electron chi connectivity index (χ4n) is 6.79. The molecule has 2 heterocycles. The van der Waals surface area contributed by atoms with Gasteiger partial charge in [-0.05, 0) is 47.2 Å². The summed E-state index contributed by atoms with van der Waals surface area (Å²) in [6.07, 6.45) is 2.52. The van der Waals surface area contributed by atoms with Crippen LogP contribution in [0, 0.1) is 11.8 Å². The van der Waals surface area contributed by atoms with Crippen LogP contribution in [0.15, 0.2) is 85.2 Å². The quantitative estimate of drug-likeness (QED) is 0.0844. The van der Waals surface area contributed by atoms with Crippen molar-refractivity contribution in [3.8, 4) is 0 Å². The van der Waals surface area contributed by atoms with E-state index in [1.165, 1.54) is 6.08 Å². The van der Waals surface area contributed by atoms with E-state index < -0.39 is 58.2 Å². The third-order valence-electron chi connectivity index (χ3n) is 9.20. The summed E-state index contributed by atoms with van der Waals surface area (Å²) in [4.78, 5) is 13.7. The van der Waals surface area contributed by atoms with Crippen LogP contribution in [-0.2, 0) is 33.0 Å². The number of carbonyl (C=O) groups is 1. The number of hydrogen-bond donors (Lipinski definition) is 0. The number of hydrogen-bond acceptors (Lipinski definition) is 7. The maximum absolute atomic E-state index is 13.7. The highest BCUT2D eigenvalue weighted by molar-refractivity contribution is 7.87. The molecule has 2 aliphatic heterocycles. The minimum absolute atomic E-state index is 0.0929. The number of allylic oxidation sites excluding steroid dienone is 1. The second-order valence-corrected chi connectivity index (χ2v) is 19.3. The number of ether oxygens (including phenoxy) is 2. The van der Waals surface area contributed by atoms with Crippen molar-refractivity contribution >= 4 is 34.8 Å². The molecule has 0 amide bonds. The molecule has 4 rings (SSSR count). The molecule has 4 atom stereocenters. The van der Waals surface area contributed by atoms with Crippen LogP contribution in [0.25, 0.3) is 0 Å². The summed E-state index contributed by atoms with van der Waals surface area (Å²) in [5, 5.41) is 1.56. The summed E-state index contributed by atoms with van der Waals surface area (Å²) in [6, 6.07) is 19.6. The first-order valence-electron chi connectivity index (χ1n) is 15.3. The van der Waals surface area contributed by atoms with Crippen molar-refractivity contribution < 1.29 is 44.5 Å². The van der Waals surface area contributed by atoms with Crippen LogP contribution in [0.4, 0.5) is 13.2 Å². The number of rotatable bonds is 12. The summed E-state index contributed by atoms with van der Waals surface area (Å²) in [5.41, 5.74) is -8.25. The van der Waals surface area contributed by atoms with E-state index >= 15 is 0 Å². The Kier molecular flexibility index (Phi) is 10.1. The number of fused-ring (bicyclic) bond motifs is 2. The number of esters is 1. The Balaban J connectivity index is 1.68. The summed E-state index contributed by atoms with van der Waals surface area (Å²) in [5.74, 6) is -2.34. The summed E-state index contributed by atoms with van der Waals surface area (Å²) < 4.78 is 88.7. The Hall–Kier alpha value is -2.93. The molecule has 0 aromatic heterocycles. The molecule has 7 nitrogen and oxygen atoms in total. The number of alkyl halides is 3. The lowest BCUT2D eigenvalue weighted by molar-refractivity contribution is -0.178. The first-order chi connectivity index (χ1) is 21.3. The van der Waals surface area contributed by atoms with E-state index in [2.05, 4.69) is 27.4 Å². The molecule has 46 heavy (non-hydrogen) atoms. The monoisotopic (exact) mass is 680 g/mol. The number of carbonyl (C=O) groups excluding carboxylic acids is 1. The standard InChI is InChI=1S/C34H43F3O7SSi/c1-8-9-20-27-28(43-45(39,40)34(35,36)37)21-33(24(2)3)22-29(32(27,7)44-33)42-30(38)23-41-46(31(4,5)6,25-16-12-10-13-17-25)26-18-14-11-15-19-26/h8,10-19,21,24,27,29H,1,9,20,22-23H2,2-7H3/t27-,29-,32+,33-/m1/s1. The van der Waals surface area contributed by atoms with Crippen molar-refractivity contribution in [1.82, 2.24) is 0 Å². The molecule has 0 spiro atoms. The van der Waals surface area contributed by atoms with Crippen LogP contribution in [0.1, 0.15) is 60.8 Å². The normalized spacial score (nSPS) is 25.2. The molecular weight excluding hydrogens is 638 g/mol. The highest BCUT2D eigenvalue weighted by atomic mass is 32.2. The van der Waals surface area contributed by atoms with Gasteiger partial charge in [0.2, 0.25) is 0 Å². The third kappa shape index (κ3) is 6.58. The molecule has 252 valence electrons. The zero-order valence-corrected chi connectivity index (χ0v) is 28.9. The zero-order valence-electron chi connectivity index (χ0n) is 27.1. The Bertz CT molecular complexity index is 1500.